The van der Waals surface area contributed by atoms with Crippen molar-refractivity contribution in [2.24, 2.45) is 0 Å². The fraction of sp³-hybridized carbons (Fsp3) is 0.556. The molecule has 25 heavy (non-hydrogen) atoms. The molecule has 0 aromatic heterocycles. The Kier molecular flexibility index (Phi) is 9.39. The first-order valence-corrected chi connectivity index (χ1v) is 8.36. The summed E-state index contributed by atoms with van der Waals surface area (Å²) < 4.78 is 10.4. The molecule has 1 aromatic rings. The largest absolute Gasteiger partial charge is 0.497 e. The Morgan fingerprint density at radius 1 is 1.12 bits per heavy atom. The van der Waals surface area contributed by atoms with Crippen molar-refractivity contribution in [1.29, 1.82) is 0 Å². The number of rotatable bonds is 12. The SMILES string of the molecule is COc1ccc(C(O)CCC(=O)NCCCCCC(=O)O)c(OC)c1. The zero-order chi connectivity index (χ0) is 18.7. The van der Waals surface area contributed by atoms with Crippen LogP contribution in [0.15, 0.2) is 18.2 Å². The number of hydrogen-bond acceptors (Lipinski definition) is 5. The second-order valence-electron chi connectivity index (χ2n) is 5.72. The summed E-state index contributed by atoms with van der Waals surface area (Å²) in [7, 11) is 3.07. The summed E-state index contributed by atoms with van der Waals surface area (Å²) in [4.78, 5) is 22.2. The Hall–Kier alpha value is -2.28. The lowest BCUT2D eigenvalue weighted by molar-refractivity contribution is -0.137. The molecule has 3 N–H and O–H groups in total. The molecular weight excluding hydrogens is 326 g/mol. The lowest BCUT2D eigenvalue weighted by atomic mass is 10.0. The number of carbonyl (C=O) groups is 2. The van der Waals surface area contributed by atoms with Gasteiger partial charge in [-0.15, -0.1) is 0 Å². The van der Waals surface area contributed by atoms with E-state index in [1.54, 1.807) is 25.3 Å². The number of methoxy groups -OCH3 is 2. The molecule has 7 nitrogen and oxygen atoms in total. The van der Waals surface area contributed by atoms with Gasteiger partial charge in [0, 0.05) is 31.0 Å². The minimum Gasteiger partial charge on any atom is -0.497 e. The average Bonchev–Trinajstić information content (AvgIpc) is 2.61. The lowest BCUT2D eigenvalue weighted by Crippen LogP contribution is -2.24. The third kappa shape index (κ3) is 7.89. The van der Waals surface area contributed by atoms with E-state index < -0.39 is 12.1 Å². The topological polar surface area (TPSA) is 105 Å². The van der Waals surface area contributed by atoms with Crippen LogP contribution in [-0.4, -0.2) is 42.9 Å². The maximum Gasteiger partial charge on any atom is 0.303 e. The Labute approximate surface area is 147 Å². The molecule has 0 spiro atoms. The first-order valence-electron chi connectivity index (χ1n) is 8.36. The molecule has 0 aliphatic heterocycles. The summed E-state index contributed by atoms with van der Waals surface area (Å²) in [6.45, 7) is 0.514. The van der Waals surface area contributed by atoms with Gasteiger partial charge in [0.05, 0.1) is 20.3 Å². The summed E-state index contributed by atoms with van der Waals surface area (Å²) >= 11 is 0. The van der Waals surface area contributed by atoms with Crippen LogP contribution in [0.5, 0.6) is 11.5 Å². The number of hydrogen-bond donors (Lipinski definition) is 3. The third-order valence-corrected chi connectivity index (χ3v) is 3.83. The molecule has 0 fully saturated rings. The van der Waals surface area contributed by atoms with Crippen molar-refractivity contribution in [2.75, 3.05) is 20.8 Å². The number of carboxylic acids is 1. The van der Waals surface area contributed by atoms with Gasteiger partial charge in [0.25, 0.3) is 0 Å². The quantitative estimate of drug-likeness (QED) is 0.498. The van der Waals surface area contributed by atoms with Crippen LogP contribution >= 0.6 is 0 Å². The molecule has 140 valence electrons. The highest BCUT2D eigenvalue weighted by molar-refractivity contribution is 5.75. The first kappa shape index (κ1) is 20.8. The lowest BCUT2D eigenvalue weighted by Gasteiger charge is -2.15. The van der Waals surface area contributed by atoms with Gasteiger partial charge in [0.1, 0.15) is 11.5 Å². The number of amides is 1. The van der Waals surface area contributed by atoms with Crippen LogP contribution in [-0.2, 0) is 9.59 Å². The van der Waals surface area contributed by atoms with E-state index in [-0.39, 0.29) is 25.2 Å². The second kappa shape index (κ2) is 11.3. The molecule has 0 aliphatic carbocycles. The van der Waals surface area contributed by atoms with E-state index in [0.29, 0.717) is 30.0 Å². The van der Waals surface area contributed by atoms with Crippen molar-refractivity contribution in [1.82, 2.24) is 5.32 Å². The van der Waals surface area contributed by atoms with Crippen molar-refractivity contribution in [2.45, 2.75) is 44.6 Å². The number of ether oxygens (including phenoxy) is 2. The summed E-state index contributed by atoms with van der Waals surface area (Å²) in [5.41, 5.74) is 0.616. The van der Waals surface area contributed by atoms with E-state index >= 15 is 0 Å². The summed E-state index contributed by atoms with van der Waals surface area (Å²) in [5, 5.41) is 21.6. The van der Waals surface area contributed by atoms with Crippen molar-refractivity contribution in [3.63, 3.8) is 0 Å². The van der Waals surface area contributed by atoms with Crippen LogP contribution in [0.1, 0.15) is 50.2 Å². The van der Waals surface area contributed by atoms with E-state index in [4.69, 9.17) is 14.6 Å². The molecule has 0 heterocycles. The molecule has 0 aliphatic rings. The zero-order valence-corrected chi connectivity index (χ0v) is 14.8. The maximum absolute atomic E-state index is 11.8. The van der Waals surface area contributed by atoms with Gasteiger partial charge in [0.2, 0.25) is 5.91 Å². The second-order valence-corrected chi connectivity index (χ2v) is 5.72. The van der Waals surface area contributed by atoms with Gasteiger partial charge in [-0.05, 0) is 31.4 Å². The van der Waals surface area contributed by atoms with Gasteiger partial charge in [-0.3, -0.25) is 9.59 Å². The monoisotopic (exact) mass is 353 g/mol. The van der Waals surface area contributed by atoms with E-state index in [1.165, 1.54) is 7.11 Å². The predicted molar refractivity (Wildman–Crippen MR) is 92.9 cm³/mol. The normalized spacial score (nSPS) is 11.6. The number of carboxylic acid groups (broad SMARTS) is 1. The number of aliphatic hydroxyl groups excluding tert-OH is 1. The number of nitrogens with one attached hydrogen (secondary N) is 1. The fourth-order valence-corrected chi connectivity index (χ4v) is 2.41. The van der Waals surface area contributed by atoms with Crippen LogP contribution in [0.25, 0.3) is 0 Å². The maximum atomic E-state index is 11.8. The first-order chi connectivity index (χ1) is 12.0. The van der Waals surface area contributed by atoms with Crippen LogP contribution in [0.4, 0.5) is 0 Å². The molecule has 1 amide bonds. The van der Waals surface area contributed by atoms with Crippen molar-refractivity contribution < 1.29 is 29.3 Å². The standard InChI is InChI=1S/C18H27NO6/c1-24-13-7-8-14(16(12-13)25-2)15(20)9-10-17(21)19-11-5-3-4-6-18(22)23/h7-8,12,15,20H,3-6,9-11H2,1-2H3,(H,19,21)(H,22,23). The third-order valence-electron chi connectivity index (χ3n) is 3.83. The van der Waals surface area contributed by atoms with Crippen LogP contribution in [0.3, 0.4) is 0 Å². The molecule has 1 unspecified atom stereocenters. The summed E-state index contributed by atoms with van der Waals surface area (Å²) in [6.07, 6.45) is 1.96. The summed E-state index contributed by atoms with van der Waals surface area (Å²) in [5.74, 6) is 0.218. The number of benzene rings is 1. The van der Waals surface area contributed by atoms with Gasteiger partial charge in [-0.1, -0.05) is 6.42 Å². The Balaban J connectivity index is 2.32. The summed E-state index contributed by atoms with van der Waals surface area (Å²) in [6, 6.07) is 5.15. The van der Waals surface area contributed by atoms with Gasteiger partial charge >= 0.3 is 5.97 Å². The molecule has 7 heteroatoms. The van der Waals surface area contributed by atoms with E-state index in [9.17, 15) is 14.7 Å². The number of aliphatic carboxylic acids is 1. The molecule has 1 rings (SSSR count). The molecule has 1 atom stereocenters. The van der Waals surface area contributed by atoms with E-state index in [2.05, 4.69) is 5.32 Å². The van der Waals surface area contributed by atoms with Crippen molar-refractivity contribution >= 4 is 11.9 Å². The Morgan fingerprint density at radius 2 is 1.88 bits per heavy atom. The minimum absolute atomic E-state index is 0.134. The van der Waals surface area contributed by atoms with Crippen LogP contribution < -0.4 is 14.8 Å². The highest BCUT2D eigenvalue weighted by atomic mass is 16.5. The average molecular weight is 353 g/mol. The molecule has 0 saturated heterocycles. The number of aliphatic hydroxyl groups is 1. The molecule has 1 aromatic carbocycles. The number of carbonyl (C=O) groups excluding carboxylic acids is 1. The van der Waals surface area contributed by atoms with E-state index in [0.717, 1.165) is 12.8 Å². The molecule has 0 bridgehead atoms. The van der Waals surface area contributed by atoms with Gasteiger partial charge in [-0.25, -0.2) is 0 Å². The van der Waals surface area contributed by atoms with Crippen molar-refractivity contribution in [3.05, 3.63) is 23.8 Å². The zero-order valence-electron chi connectivity index (χ0n) is 14.8. The predicted octanol–water partition coefficient (Wildman–Crippen LogP) is 2.28. The minimum atomic E-state index is -0.804. The number of unbranched alkanes of at least 4 members (excludes halogenated alkanes) is 2. The smallest absolute Gasteiger partial charge is 0.303 e. The van der Waals surface area contributed by atoms with E-state index in [1.807, 2.05) is 0 Å². The highest BCUT2D eigenvalue weighted by Crippen LogP contribution is 2.31. The van der Waals surface area contributed by atoms with Gasteiger partial charge < -0.3 is 25.0 Å². The van der Waals surface area contributed by atoms with Crippen LogP contribution in [0, 0.1) is 0 Å². The van der Waals surface area contributed by atoms with Gasteiger partial charge in [0.15, 0.2) is 0 Å². The Bertz CT molecular complexity index is 560. The fourth-order valence-electron chi connectivity index (χ4n) is 2.41. The molecule has 0 saturated carbocycles. The van der Waals surface area contributed by atoms with Crippen molar-refractivity contribution in [3.8, 4) is 11.5 Å². The molecule has 0 radical (unpaired) electrons. The van der Waals surface area contributed by atoms with Crippen LogP contribution in [0.2, 0.25) is 0 Å². The Morgan fingerprint density at radius 3 is 2.52 bits per heavy atom. The highest BCUT2D eigenvalue weighted by Gasteiger charge is 2.15. The van der Waals surface area contributed by atoms with Gasteiger partial charge in [-0.2, -0.15) is 0 Å². The molecular formula is C18H27NO6.